The van der Waals surface area contributed by atoms with Crippen LogP contribution in [-0.2, 0) is 4.79 Å². The highest BCUT2D eigenvalue weighted by molar-refractivity contribution is 6.03. The molecule has 3 aromatic carbocycles. The number of fused-ring (bicyclic) bond motifs is 3. The summed E-state index contributed by atoms with van der Waals surface area (Å²) in [6.07, 6.45) is 2.45. The number of aromatic nitrogens is 1. The van der Waals surface area contributed by atoms with Gasteiger partial charge in [0.2, 0.25) is 0 Å². The van der Waals surface area contributed by atoms with Gasteiger partial charge in [0.05, 0.1) is 5.52 Å². The van der Waals surface area contributed by atoms with Gasteiger partial charge in [-0.1, -0.05) is 60.7 Å². The summed E-state index contributed by atoms with van der Waals surface area (Å²) in [5, 5.41) is 4.72. The van der Waals surface area contributed by atoms with E-state index in [9.17, 15) is 4.79 Å². The number of carbonyl (C=O) groups is 1. The smallest absolute Gasteiger partial charge is 0.161 e. The van der Waals surface area contributed by atoms with E-state index in [0.29, 0.717) is 6.42 Å². The summed E-state index contributed by atoms with van der Waals surface area (Å²) in [6, 6.07) is 27.6. The minimum absolute atomic E-state index is 0.0768. The lowest BCUT2D eigenvalue weighted by Gasteiger charge is -2.35. The summed E-state index contributed by atoms with van der Waals surface area (Å²) in [5.74, 6) is 0.186. The zero-order valence-electron chi connectivity index (χ0n) is 18.1. The van der Waals surface area contributed by atoms with Crippen LogP contribution in [0.4, 0.5) is 5.69 Å². The van der Waals surface area contributed by atoms with E-state index in [-0.39, 0.29) is 11.7 Å². The minimum atomic E-state index is -0.0768. The van der Waals surface area contributed by atoms with Crippen LogP contribution in [0, 0.1) is 6.92 Å². The Balaban J connectivity index is 1.56. The summed E-state index contributed by atoms with van der Waals surface area (Å²) in [6.45, 7) is 2.02. The van der Waals surface area contributed by atoms with E-state index in [4.69, 9.17) is 4.98 Å². The van der Waals surface area contributed by atoms with E-state index in [1.807, 2.05) is 13.0 Å². The monoisotopic (exact) mass is 416 g/mol. The van der Waals surface area contributed by atoms with Crippen LogP contribution >= 0.6 is 0 Å². The average molecular weight is 417 g/mol. The van der Waals surface area contributed by atoms with Crippen LogP contribution in [0.15, 0.2) is 90.1 Å². The van der Waals surface area contributed by atoms with Crippen molar-refractivity contribution in [1.29, 1.82) is 0 Å². The number of carbonyl (C=O) groups excluding carboxylic acids is 1. The molecule has 32 heavy (non-hydrogen) atoms. The molecule has 6 rings (SSSR count). The predicted octanol–water partition coefficient (Wildman–Crippen LogP) is 6.77. The Hall–Kier alpha value is -3.72. The van der Waals surface area contributed by atoms with Crippen LogP contribution < -0.4 is 5.32 Å². The number of hydrogen-bond donors (Lipinski definition) is 1. The van der Waals surface area contributed by atoms with Gasteiger partial charge in [0.25, 0.3) is 0 Å². The number of nitrogens with zero attached hydrogens (tertiary/aromatic N) is 1. The maximum atomic E-state index is 13.2. The molecular weight excluding hydrogens is 392 g/mol. The lowest BCUT2D eigenvalue weighted by Crippen LogP contribution is -2.27. The number of allylic oxidation sites excluding steroid dienone is 2. The molecule has 156 valence electrons. The summed E-state index contributed by atoms with van der Waals surface area (Å²) < 4.78 is 0. The minimum Gasteiger partial charge on any atom is -0.358 e. The first-order chi connectivity index (χ1) is 15.7. The van der Waals surface area contributed by atoms with Crippen molar-refractivity contribution in [1.82, 2.24) is 4.98 Å². The molecule has 0 amide bonds. The van der Waals surface area contributed by atoms with Crippen molar-refractivity contribution < 1.29 is 4.79 Å². The molecule has 2 heterocycles. The zero-order valence-corrected chi connectivity index (χ0v) is 18.1. The van der Waals surface area contributed by atoms with Crippen molar-refractivity contribution in [2.45, 2.75) is 32.1 Å². The summed E-state index contributed by atoms with van der Waals surface area (Å²) in [4.78, 5) is 17.9. The Kier molecular flexibility index (Phi) is 4.43. The molecule has 1 unspecified atom stereocenters. The van der Waals surface area contributed by atoms with Gasteiger partial charge in [0.15, 0.2) is 5.78 Å². The molecule has 0 saturated carbocycles. The number of anilines is 1. The van der Waals surface area contributed by atoms with Crippen molar-refractivity contribution in [2.24, 2.45) is 0 Å². The van der Waals surface area contributed by atoms with Crippen molar-refractivity contribution in [2.75, 3.05) is 5.32 Å². The van der Waals surface area contributed by atoms with Gasteiger partial charge in [0, 0.05) is 40.4 Å². The molecule has 0 spiro atoms. The molecule has 1 aromatic heterocycles. The Bertz CT molecular complexity index is 1380. The molecule has 1 aliphatic heterocycles. The Labute approximate surface area is 187 Å². The fraction of sp³-hybridized carbons (Fsp3) is 0.172. The van der Waals surface area contributed by atoms with E-state index in [1.165, 1.54) is 11.1 Å². The number of aryl methyl sites for hydroxylation is 1. The third-order valence-electron chi connectivity index (χ3n) is 6.72. The summed E-state index contributed by atoms with van der Waals surface area (Å²) in [5.41, 5.74) is 9.79. The maximum Gasteiger partial charge on any atom is 0.161 e. The van der Waals surface area contributed by atoms with E-state index >= 15 is 0 Å². The van der Waals surface area contributed by atoms with Crippen LogP contribution in [0.3, 0.4) is 0 Å². The second-order valence-electron chi connectivity index (χ2n) is 8.76. The number of ketones is 1. The normalized spacial score (nSPS) is 17.7. The third kappa shape index (κ3) is 3.04. The summed E-state index contributed by atoms with van der Waals surface area (Å²) in [7, 11) is 0. The van der Waals surface area contributed by atoms with Crippen LogP contribution in [-0.4, -0.2) is 10.8 Å². The largest absolute Gasteiger partial charge is 0.358 e. The highest BCUT2D eigenvalue weighted by atomic mass is 16.1. The molecule has 0 saturated heterocycles. The Morgan fingerprint density at radius 2 is 1.62 bits per heavy atom. The third-order valence-corrected chi connectivity index (χ3v) is 6.72. The molecule has 2 aliphatic rings. The lowest BCUT2D eigenvalue weighted by molar-refractivity contribution is -0.116. The van der Waals surface area contributed by atoms with Gasteiger partial charge >= 0.3 is 0 Å². The molecular formula is C29H24N2O. The van der Waals surface area contributed by atoms with Crippen molar-refractivity contribution >= 4 is 22.4 Å². The molecule has 4 aromatic rings. The van der Waals surface area contributed by atoms with Crippen LogP contribution in [0.5, 0.6) is 0 Å². The standard InChI is InChI=1S/C29H24N2O/c1-18-10-15-22-23(30-18)16-17-25-28(22)27(29-24(31-25)8-5-9-26(29)32)21-13-11-20(12-14-21)19-6-3-2-4-7-19/h2-4,6-7,10-17,27,31H,5,8-9H2,1H3. The SMILES string of the molecule is Cc1ccc2c3c(ccc2n1)NC1=C(C(=O)CCC1)C3c1ccc(-c2ccccc2)cc1. The highest BCUT2D eigenvalue weighted by Crippen LogP contribution is 2.48. The molecule has 3 heteroatoms. The molecule has 3 nitrogen and oxygen atoms in total. The number of hydrogen-bond acceptors (Lipinski definition) is 3. The second-order valence-corrected chi connectivity index (χ2v) is 8.76. The first-order valence-corrected chi connectivity index (χ1v) is 11.3. The van der Waals surface area contributed by atoms with Gasteiger partial charge in [-0.2, -0.15) is 0 Å². The van der Waals surface area contributed by atoms with Crippen molar-refractivity contribution in [3.63, 3.8) is 0 Å². The van der Waals surface area contributed by atoms with E-state index < -0.39 is 0 Å². The lowest BCUT2D eigenvalue weighted by atomic mass is 9.74. The number of rotatable bonds is 2. The quantitative estimate of drug-likeness (QED) is 0.392. The number of benzene rings is 3. The maximum absolute atomic E-state index is 13.2. The highest BCUT2D eigenvalue weighted by Gasteiger charge is 2.36. The Morgan fingerprint density at radius 3 is 2.44 bits per heavy atom. The predicted molar refractivity (Wildman–Crippen MR) is 130 cm³/mol. The van der Waals surface area contributed by atoms with E-state index in [0.717, 1.165) is 57.5 Å². The molecule has 1 aliphatic carbocycles. The fourth-order valence-corrected chi connectivity index (χ4v) is 5.22. The van der Waals surface area contributed by atoms with Crippen molar-refractivity contribution in [3.05, 3.63) is 107 Å². The topological polar surface area (TPSA) is 42.0 Å². The molecule has 0 fully saturated rings. The average Bonchev–Trinajstić information content (AvgIpc) is 2.83. The summed E-state index contributed by atoms with van der Waals surface area (Å²) >= 11 is 0. The molecule has 1 N–H and O–H groups in total. The molecule has 1 atom stereocenters. The van der Waals surface area contributed by atoms with Crippen LogP contribution in [0.1, 0.15) is 42.0 Å². The number of pyridine rings is 1. The zero-order chi connectivity index (χ0) is 21.7. The van der Waals surface area contributed by atoms with Crippen molar-refractivity contribution in [3.8, 4) is 11.1 Å². The molecule has 0 radical (unpaired) electrons. The van der Waals surface area contributed by atoms with Crippen LogP contribution in [0.2, 0.25) is 0 Å². The van der Waals surface area contributed by atoms with Gasteiger partial charge in [-0.3, -0.25) is 9.78 Å². The van der Waals surface area contributed by atoms with Gasteiger partial charge in [-0.05, 0) is 60.2 Å². The van der Waals surface area contributed by atoms with E-state index in [1.54, 1.807) is 0 Å². The first kappa shape index (κ1) is 19.0. The van der Waals surface area contributed by atoms with Gasteiger partial charge in [0.1, 0.15) is 0 Å². The van der Waals surface area contributed by atoms with E-state index in [2.05, 4.69) is 78.1 Å². The van der Waals surface area contributed by atoms with Gasteiger partial charge < -0.3 is 5.32 Å². The first-order valence-electron chi connectivity index (χ1n) is 11.3. The second kappa shape index (κ2) is 7.45. The van der Waals surface area contributed by atoms with Crippen LogP contribution in [0.25, 0.3) is 22.0 Å². The number of Topliss-reactive ketones (excluding diaryl/α,β-unsaturated/α-hetero) is 1. The number of nitrogens with one attached hydrogen (secondary N) is 1. The Morgan fingerprint density at radius 1 is 0.844 bits per heavy atom. The van der Waals surface area contributed by atoms with Gasteiger partial charge in [-0.15, -0.1) is 0 Å². The van der Waals surface area contributed by atoms with Gasteiger partial charge in [-0.25, -0.2) is 0 Å². The molecule has 0 bridgehead atoms. The fourth-order valence-electron chi connectivity index (χ4n) is 5.22.